The third kappa shape index (κ3) is 2.17. The zero-order valence-electron chi connectivity index (χ0n) is 15.1. The first-order valence-corrected chi connectivity index (χ1v) is 8.51. The molecule has 1 aliphatic rings. The SMILES string of the molecule is Cc1ccc2c(c1)Cc1c-2nc[n+](C)c1-c1cc(C)cc(C)c1C. The molecular formula is C22H23N2+. The van der Waals surface area contributed by atoms with E-state index in [0.29, 0.717) is 0 Å². The molecule has 3 aromatic rings. The summed E-state index contributed by atoms with van der Waals surface area (Å²) in [6, 6.07) is 11.3. The lowest BCUT2D eigenvalue weighted by Crippen LogP contribution is -2.33. The molecule has 2 heteroatoms. The van der Waals surface area contributed by atoms with Gasteiger partial charge in [0.05, 0.1) is 12.6 Å². The quantitative estimate of drug-likeness (QED) is 0.476. The van der Waals surface area contributed by atoms with Gasteiger partial charge in [0.25, 0.3) is 6.33 Å². The fraction of sp³-hybridized carbons (Fsp3) is 0.273. The van der Waals surface area contributed by atoms with Gasteiger partial charge in [-0.2, -0.15) is 0 Å². The highest BCUT2D eigenvalue weighted by Crippen LogP contribution is 2.40. The zero-order chi connectivity index (χ0) is 17.0. The van der Waals surface area contributed by atoms with E-state index in [9.17, 15) is 0 Å². The maximum atomic E-state index is 4.75. The van der Waals surface area contributed by atoms with Crippen molar-refractivity contribution in [2.45, 2.75) is 34.1 Å². The van der Waals surface area contributed by atoms with Crippen LogP contribution in [0.1, 0.15) is 33.4 Å². The van der Waals surface area contributed by atoms with E-state index >= 15 is 0 Å². The van der Waals surface area contributed by atoms with Crippen molar-refractivity contribution in [2.75, 3.05) is 0 Å². The van der Waals surface area contributed by atoms with E-state index in [4.69, 9.17) is 4.98 Å². The summed E-state index contributed by atoms with van der Waals surface area (Å²) < 4.78 is 2.18. The molecule has 1 aliphatic carbocycles. The molecule has 2 aromatic carbocycles. The first-order valence-electron chi connectivity index (χ1n) is 8.51. The van der Waals surface area contributed by atoms with Crippen LogP contribution in [-0.2, 0) is 13.5 Å². The molecule has 0 bridgehead atoms. The van der Waals surface area contributed by atoms with Gasteiger partial charge in [-0.15, -0.1) is 0 Å². The van der Waals surface area contributed by atoms with Crippen LogP contribution in [0, 0.1) is 27.7 Å². The molecule has 1 aromatic heterocycles. The van der Waals surface area contributed by atoms with Crippen molar-refractivity contribution < 1.29 is 4.57 Å². The Morgan fingerprint density at radius 1 is 0.917 bits per heavy atom. The highest BCUT2D eigenvalue weighted by atomic mass is 15.0. The highest BCUT2D eigenvalue weighted by Gasteiger charge is 2.30. The summed E-state index contributed by atoms with van der Waals surface area (Å²) in [5.74, 6) is 0. The lowest BCUT2D eigenvalue weighted by molar-refractivity contribution is -0.663. The summed E-state index contributed by atoms with van der Waals surface area (Å²) in [5, 5.41) is 0. The Labute approximate surface area is 143 Å². The predicted octanol–water partition coefficient (Wildman–Crippen LogP) is 4.38. The Bertz CT molecular complexity index is 984. The Morgan fingerprint density at radius 3 is 2.50 bits per heavy atom. The molecule has 2 nitrogen and oxygen atoms in total. The van der Waals surface area contributed by atoms with Gasteiger partial charge < -0.3 is 0 Å². The van der Waals surface area contributed by atoms with Gasteiger partial charge in [-0.25, -0.2) is 4.57 Å². The standard InChI is InChI=1S/C22H23N2/c1-13-6-7-18-17(9-13)11-20-21(18)23-12-24(5)22(20)19-10-14(2)8-15(3)16(19)4/h6-10,12H,11H2,1-5H3/q+1. The first-order chi connectivity index (χ1) is 11.5. The van der Waals surface area contributed by atoms with Crippen molar-refractivity contribution >= 4 is 0 Å². The van der Waals surface area contributed by atoms with Crippen LogP contribution >= 0.6 is 0 Å². The van der Waals surface area contributed by atoms with Gasteiger partial charge in [0, 0.05) is 17.5 Å². The fourth-order valence-corrected chi connectivity index (χ4v) is 3.93. The van der Waals surface area contributed by atoms with Crippen molar-refractivity contribution in [2.24, 2.45) is 7.05 Å². The minimum absolute atomic E-state index is 0.968. The summed E-state index contributed by atoms with van der Waals surface area (Å²) >= 11 is 0. The van der Waals surface area contributed by atoms with E-state index < -0.39 is 0 Å². The van der Waals surface area contributed by atoms with Gasteiger partial charge in [-0.05, 0) is 61.5 Å². The van der Waals surface area contributed by atoms with Crippen LogP contribution in [-0.4, -0.2) is 4.98 Å². The minimum atomic E-state index is 0.968. The molecule has 4 rings (SSSR count). The molecule has 120 valence electrons. The highest BCUT2D eigenvalue weighted by molar-refractivity contribution is 5.80. The number of hydrogen-bond acceptors (Lipinski definition) is 1. The smallest absolute Gasteiger partial charge is 0.232 e. The maximum Gasteiger partial charge on any atom is 0.287 e. The van der Waals surface area contributed by atoms with Crippen molar-refractivity contribution in [3.8, 4) is 22.5 Å². The summed E-state index contributed by atoms with van der Waals surface area (Å²) in [6.45, 7) is 8.76. The monoisotopic (exact) mass is 315 g/mol. The van der Waals surface area contributed by atoms with Crippen LogP contribution in [0.5, 0.6) is 0 Å². The van der Waals surface area contributed by atoms with Gasteiger partial charge >= 0.3 is 0 Å². The number of benzene rings is 2. The van der Waals surface area contributed by atoms with E-state index in [1.807, 2.05) is 6.33 Å². The van der Waals surface area contributed by atoms with E-state index in [2.05, 4.69) is 69.6 Å². The summed E-state index contributed by atoms with van der Waals surface area (Å²) in [4.78, 5) is 4.75. The molecule has 0 unspecified atom stereocenters. The average molecular weight is 315 g/mol. The number of fused-ring (bicyclic) bond motifs is 3. The van der Waals surface area contributed by atoms with Crippen LogP contribution in [0.2, 0.25) is 0 Å². The molecule has 0 saturated carbocycles. The summed E-state index contributed by atoms with van der Waals surface area (Å²) in [5.41, 5.74) is 13.2. The number of nitrogens with zero attached hydrogens (tertiary/aromatic N) is 2. The topological polar surface area (TPSA) is 16.8 Å². The van der Waals surface area contributed by atoms with Crippen LogP contribution in [0.25, 0.3) is 22.5 Å². The van der Waals surface area contributed by atoms with Crippen LogP contribution in [0.3, 0.4) is 0 Å². The largest absolute Gasteiger partial charge is 0.287 e. The summed E-state index contributed by atoms with van der Waals surface area (Å²) in [7, 11) is 2.11. The molecule has 24 heavy (non-hydrogen) atoms. The zero-order valence-corrected chi connectivity index (χ0v) is 15.1. The number of aryl methyl sites for hydroxylation is 4. The molecular weight excluding hydrogens is 292 g/mol. The molecule has 0 fully saturated rings. The lowest BCUT2D eigenvalue weighted by atomic mass is 9.94. The van der Waals surface area contributed by atoms with Gasteiger partial charge in [-0.1, -0.05) is 29.3 Å². The van der Waals surface area contributed by atoms with E-state index in [-0.39, 0.29) is 0 Å². The second kappa shape index (κ2) is 5.27. The number of hydrogen-bond donors (Lipinski definition) is 0. The lowest BCUT2D eigenvalue weighted by Gasteiger charge is -2.13. The van der Waals surface area contributed by atoms with Gasteiger partial charge in [-0.3, -0.25) is 0 Å². The Morgan fingerprint density at radius 2 is 1.71 bits per heavy atom. The maximum absolute atomic E-state index is 4.75. The fourth-order valence-electron chi connectivity index (χ4n) is 3.93. The molecule has 0 atom stereocenters. The van der Waals surface area contributed by atoms with E-state index in [1.54, 1.807) is 0 Å². The first kappa shape index (κ1) is 15.1. The van der Waals surface area contributed by atoms with Crippen molar-refractivity contribution in [1.29, 1.82) is 0 Å². The average Bonchev–Trinajstić information content (AvgIpc) is 2.88. The van der Waals surface area contributed by atoms with Gasteiger partial charge in [0.15, 0.2) is 5.69 Å². The van der Waals surface area contributed by atoms with Crippen LogP contribution in [0.4, 0.5) is 0 Å². The molecule has 1 heterocycles. The van der Waals surface area contributed by atoms with Crippen molar-refractivity contribution in [3.05, 3.63) is 70.0 Å². The number of aromatic nitrogens is 2. The van der Waals surface area contributed by atoms with Crippen molar-refractivity contribution in [1.82, 2.24) is 4.98 Å². The Balaban J connectivity index is 2.01. The second-order valence-electron chi connectivity index (χ2n) is 7.12. The van der Waals surface area contributed by atoms with Gasteiger partial charge in [0.2, 0.25) is 0 Å². The normalized spacial score (nSPS) is 12.2. The molecule has 0 spiro atoms. The molecule has 0 N–H and O–H groups in total. The van der Waals surface area contributed by atoms with Crippen molar-refractivity contribution in [3.63, 3.8) is 0 Å². The van der Waals surface area contributed by atoms with E-state index in [1.165, 1.54) is 50.2 Å². The predicted molar refractivity (Wildman–Crippen MR) is 98.0 cm³/mol. The molecule has 0 saturated heterocycles. The third-order valence-corrected chi connectivity index (χ3v) is 5.23. The number of rotatable bonds is 1. The molecule has 0 aliphatic heterocycles. The molecule has 0 amide bonds. The molecule has 0 radical (unpaired) electrons. The second-order valence-corrected chi connectivity index (χ2v) is 7.12. The minimum Gasteiger partial charge on any atom is -0.232 e. The van der Waals surface area contributed by atoms with Crippen LogP contribution < -0.4 is 4.57 Å². The van der Waals surface area contributed by atoms with E-state index in [0.717, 1.165) is 12.1 Å². The summed E-state index contributed by atoms with van der Waals surface area (Å²) in [6.07, 6.45) is 2.93. The van der Waals surface area contributed by atoms with Crippen LogP contribution in [0.15, 0.2) is 36.7 Å². The Hall–Kier alpha value is -2.48. The Kier molecular flexibility index (Phi) is 3.31. The van der Waals surface area contributed by atoms with Gasteiger partial charge in [0.1, 0.15) is 5.69 Å². The third-order valence-electron chi connectivity index (χ3n) is 5.23.